The Bertz CT molecular complexity index is 1290. The molecular formula is C25H21ClN4O2. The van der Waals surface area contributed by atoms with Crippen molar-refractivity contribution < 1.29 is 9.53 Å². The minimum absolute atomic E-state index is 0.173. The molecule has 0 saturated carbocycles. The third-order valence-electron chi connectivity index (χ3n) is 5.43. The maximum atomic E-state index is 12.6. The summed E-state index contributed by atoms with van der Waals surface area (Å²) in [6.45, 7) is 1.22. The Morgan fingerprint density at radius 2 is 2.00 bits per heavy atom. The highest BCUT2D eigenvalue weighted by molar-refractivity contribution is 6.31. The average molecular weight is 445 g/mol. The van der Waals surface area contributed by atoms with E-state index in [-0.39, 0.29) is 5.91 Å². The molecule has 2 aromatic carbocycles. The maximum absolute atomic E-state index is 12.6. The van der Waals surface area contributed by atoms with Crippen molar-refractivity contribution in [3.63, 3.8) is 0 Å². The number of hydrogen-bond acceptors (Lipinski definition) is 5. The summed E-state index contributed by atoms with van der Waals surface area (Å²) >= 11 is 6.14. The van der Waals surface area contributed by atoms with Gasteiger partial charge in [-0.1, -0.05) is 29.8 Å². The number of nitrogens with zero attached hydrogens (tertiary/aromatic N) is 2. The number of amides is 1. The summed E-state index contributed by atoms with van der Waals surface area (Å²) in [6, 6.07) is 17.1. The molecule has 32 heavy (non-hydrogen) atoms. The number of pyridine rings is 2. The van der Waals surface area contributed by atoms with Crippen molar-refractivity contribution in [1.29, 1.82) is 0 Å². The maximum Gasteiger partial charge on any atom is 0.253 e. The van der Waals surface area contributed by atoms with Crippen molar-refractivity contribution in [2.75, 3.05) is 11.9 Å². The third-order valence-corrected chi connectivity index (χ3v) is 5.66. The zero-order valence-corrected chi connectivity index (χ0v) is 18.0. The second kappa shape index (κ2) is 8.85. The average Bonchev–Trinajstić information content (AvgIpc) is 2.83. The summed E-state index contributed by atoms with van der Waals surface area (Å²) in [5.41, 5.74) is 2.74. The van der Waals surface area contributed by atoms with Gasteiger partial charge in [0.05, 0.1) is 12.2 Å². The lowest BCUT2D eigenvalue weighted by Crippen LogP contribution is -2.23. The quantitative estimate of drug-likeness (QED) is 0.438. The number of halogens is 1. The summed E-state index contributed by atoms with van der Waals surface area (Å²) in [4.78, 5) is 21.3. The lowest BCUT2D eigenvalue weighted by atomic mass is 10.0. The Morgan fingerprint density at radius 1 is 1.06 bits per heavy atom. The molecule has 7 heteroatoms. The molecule has 0 saturated heterocycles. The molecule has 3 heterocycles. The molecule has 0 spiro atoms. The van der Waals surface area contributed by atoms with Crippen LogP contribution >= 0.6 is 11.6 Å². The van der Waals surface area contributed by atoms with E-state index >= 15 is 0 Å². The van der Waals surface area contributed by atoms with Crippen LogP contribution in [-0.2, 0) is 13.0 Å². The Hall–Kier alpha value is -3.64. The molecule has 6 nitrogen and oxygen atoms in total. The lowest BCUT2D eigenvalue weighted by Gasteiger charge is -2.18. The molecule has 1 aliphatic heterocycles. The highest BCUT2D eigenvalue weighted by atomic mass is 35.5. The van der Waals surface area contributed by atoms with Crippen molar-refractivity contribution in [3.8, 4) is 5.75 Å². The number of carbonyl (C=O) groups is 1. The van der Waals surface area contributed by atoms with Crippen LogP contribution in [0.4, 0.5) is 11.6 Å². The number of benzene rings is 2. The van der Waals surface area contributed by atoms with Crippen LogP contribution in [0.25, 0.3) is 10.8 Å². The molecule has 0 radical (unpaired) electrons. The fourth-order valence-corrected chi connectivity index (χ4v) is 3.94. The first kappa shape index (κ1) is 20.3. The second-order valence-electron chi connectivity index (χ2n) is 7.66. The zero-order chi connectivity index (χ0) is 21.9. The fraction of sp³-hybridized carbons (Fsp3) is 0.160. The van der Waals surface area contributed by atoms with Crippen LogP contribution in [-0.4, -0.2) is 22.5 Å². The van der Waals surface area contributed by atoms with Crippen LogP contribution in [0, 0.1) is 0 Å². The van der Waals surface area contributed by atoms with Gasteiger partial charge in [-0.2, -0.15) is 0 Å². The molecule has 0 fully saturated rings. The van der Waals surface area contributed by atoms with Crippen molar-refractivity contribution >= 4 is 39.9 Å². The number of nitrogens with one attached hydrogen (secondary N) is 2. The summed E-state index contributed by atoms with van der Waals surface area (Å²) < 4.78 is 5.64. The van der Waals surface area contributed by atoms with E-state index in [0.29, 0.717) is 28.8 Å². The smallest absolute Gasteiger partial charge is 0.253 e. The summed E-state index contributed by atoms with van der Waals surface area (Å²) in [7, 11) is 0. The minimum atomic E-state index is -0.173. The van der Waals surface area contributed by atoms with Crippen LogP contribution in [0.2, 0.25) is 5.02 Å². The number of ether oxygens (including phenoxy) is 1. The van der Waals surface area contributed by atoms with Gasteiger partial charge >= 0.3 is 0 Å². The first-order chi connectivity index (χ1) is 15.7. The molecule has 4 aromatic rings. The first-order valence-corrected chi connectivity index (χ1v) is 10.8. The van der Waals surface area contributed by atoms with Gasteiger partial charge in [-0.25, -0.2) is 9.97 Å². The van der Waals surface area contributed by atoms with E-state index in [4.69, 9.17) is 16.3 Å². The van der Waals surface area contributed by atoms with Crippen molar-refractivity contribution in [2.45, 2.75) is 19.4 Å². The molecule has 2 aromatic heterocycles. The van der Waals surface area contributed by atoms with Gasteiger partial charge in [0.15, 0.2) is 0 Å². The Morgan fingerprint density at radius 3 is 2.88 bits per heavy atom. The van der Waals surface area contributed by atoms with E-state index in [2.05, 4.69) is 26.7 Å². The molecule has 1 aliphatic rings. The van der Waals surface area contributed by atoms with Crippen LogP contribution in [0.5, 0.6) is 5.75 Å². The second-order valence-corrected chi connectivity index (χ2v) is 8.10. The third kappa shape index (κ3) is 4.36. The molecule has 160 valence electrons. The Balaban J connectivity index is 1.25. The Labute approximate surface area is 190 Å². The van der Waals surface area contributed by atoms with Gasteiger partial charge in [0.1, 0.15) is 17.4 Å². The van der Waals surface area contributed by atoms with E-state index in [1.165, 1.54) is 5.56 Å². The SMILES string of the molecule is O=C(NCc1ccc2c(c1)CCCO2)c1ccc(Nc2nccc3ccc(Cl)cc23)nc1. The largest absolute Gasteiger partial charge is 0.493 e. The van der Waals surface area contributed by atoms with Gasteiger partial charge in [-0.15, -0.1) is 0 Å². The zero-order valence-electron chi connectivity index (χ0n) is 17.3. The topological polar surface area (TPSA) is 76.1 Å². The number of aromatic nitrogens is 2. The van der Waals surface area contributed by atoms with Gasteiger partial charge < -0.3 is 15.4 Å². The van der Waals surface area contributed by atoms with Crippen molar-refractivity contribution in [3.05, 3.63) is 88.7 Å². The highest BCUT2D eigenvalue weighted by Crippen LogP contribution is 2.27. The van der Waals surface area contributed by atoms with Crippen LogP contribution in [0.15, 0.2) is 67.0 Å². The number of aryl methyl sites for hydroxylation is 1. The van der Waals surface area contributed by atoms with Crippen LogP contribution in [0.1, 0.15) is 27.9 Å². The summed E-state index contributed by atoms with van der Waals surface area (Å²) in [5, 5.41) is 8.72. The van der Waals surface area contributed by atoms with E-state index in [1.807, 2.05) is 36.4 Å². The number of hydrogen-bond donors (Lipinski definition) is 2. The van der Waals surface area contributed by atoms with E-state index in [0.717, 1.165) is 41.5 Å². The minimum Gasteiger partial charge on any atom is -0.493 e. The van der Waals surface area contributed by atoms with Gasteiger partial charge in [0.2, 0.25) is 0 Å². The van der Waals surface area contributed by atoms with E-state index in [1.54, 1.807) is 24.5 Å². The van der Waals surface area contributed by atoms with Crippen LogP contribution in [0.3, 0.4) is 0 Å². The predicted octanol–water partition coefficient (Wildman–Crippen LogP) is 5.28. The van der Waals surface area contributed by atoms with E-state index < -0.39 is 0 Å². The van der Waals surface area contributed by atoms with Crippen molar-refractivity contribution in [2.24, 2.45) is 0 Å². The standard InChI is InChI=1S/C25H21ClN4O2/c26-20-6-4-17-9-10-27-24(21(17)13-20)30-23-8-5-19(15-28-23)25(31)29-14-16-3-7-22-18(12-16)2-1-11-32-22/h3-10,12-13,15H,1-2,11,14H2,(H,29,31)(H,27,28,30). The van der Waals surface area contributed by atoms with Crippen molar-refractivity contribution in [1.82, 2.24) is 15.3 Å². The lowest BCUT2D eigenvalue weighted by molar-refractivity contribution is 0.0950. The molecule has 0 unspecified atom stereocenters. The van der Waals surface area contributed by atoms with Gasteiger partial charge in [0, 0.05) is 29.3 Å². The molecule has 0 bridgehead atoms. The highest BCUT2D eigenvalue weighted by Gasteiger charge is 2.12. The summed E-state index contributed by atoms with van der Waals surface area (Å²) in [5.74, 6) is 2.02. The van der Waals surface area contributed by atoms with Gasteiger partial charge in [-0.05, 0) is 65.8 Å². The Kier molecular flexibility index (Phi) is 5.60. The fourth-order valence-electron chi connectivity index (χ4n) is 3.77. The number of carbonyl (C=O) groups excluding carboxylic acids is 1. The molecule has 1 amide bonds. The monoisotopic (exact) mass is 444 g/mol. The predicted molar refractivity (Wildman–Crippen MR) is 126 cm³/mol. The van der Waals surface area contributed by atoms with E-state index in [9.17, 15) is 4.79 Å². The first-order valence-electron chi connectivity index (χ1n) is 10.5. The molecule has 0 atom stereocenters. The molecule has 0 aliphatic carbocycles. The molecule has 5 rings (SSSR count). The number of rotatable bonds is 5. The molecule has 2 N–H and O–H groups in total. The molecular weight excluding hydrogens is 424 g/mol. The van der Waals surface area contributed by atoms with Crippen LogP contribution < -0.4 is 15.4 Å². The normalized spacial score (nSPS) is 12.7. The summed E-state index contributed by atoms with van der Waals surface area (Å²) in [6.07, 6.45) is 5.31. The van der Waals surface area contributed by atoms with Gasteiger partial charge in [0.25, 0.3) is 5.91 Å². The number of fused-ring (bicyclic) bond motifs is 2. The number of anilines is 2. The van der Waals surface area contributed by atoms with Gasteiger partial charge in [-0.3, -0.25) is 4.79 Å².